The fraction of sp³-hybridized carbons (Fsp3) is 0.600. The molecular formula is C15H21Cl2N. The first kappa shape index (κ1) is 14.2. The zero-order chi connectivity index (χ0) is 13.3. The topological polar surface area (TPSA) is 26.0 Å². The number of halogens is 2. The molecule has 0 saturated heterocycles. The van der Waals surface area contributed by atoms with Gasteiger partial charge in [-0.1, -0.05) is 56.0 Å². The van der Waals surface area contributed by atoms with Crippen LogP contribution in [0.15, 0.2) is 18.2 Å². The summed E-state index contributed by atoms with van der Waals surface area (Å²) in [5, 5.41) is 1.20. The van der Waals surface area contributed by atoms with Gasteiger partial charge in [0.2, 0.25) is 0 Å². The van der Waals surface area contributed by atoms with Gasteiger partial charge in [-0.2, -0.15) is 0 Å². The molecule has 1 saturated carbocycles. The SMILES string of the molecule is CC(C)C1CCCC(N)(c2ccc(Cl)c(Cl)c2)C1. The van der Waals surface area contributed by atoms with E-state index < -0.39 is 0 Å². The molecule has 1 aromatic carbocycles. The summed E-state index contributed by atoms with van der Waals surface area (Å²) in [6.07, 6.45) is 4.56. The van der Waals surface area contributed by atoms with Gasteiger partial charge in [0, 0.05) is 5.54 Å². The first-order valence-corrected chi connectivity index (χ1v) is 7.42. The van der Waals surface area contributed by atoms with Crippen molar-refractivity contribution in [3.05, 3.63) is 33.8 Å². The van der Waals surface area contributed by atoms with E-state index in [0.29, 0.717) is 21.9 Å². The maximum Gasteiger partial charge on any atom is 0.0595 e. The summed E-state index contributed by atoms with van der Waals surface area (Å²) in [4.78, 5) is 0. The molecule has 2 unspecified atom stereocenters. The molecule has 1 fully saturated rings. The van der Waals surface area contributed by atoms with E-state index in [0.717, 1.165) is 18.4 Å². The fourth-order valence-electron chi connectivity index (χ4n) is 2.99. The second-order valence-electron chi connectivity index (χ2n) is 5.89. The number of nitrogens with two attached hydrogens (primary N) is 1. The van der Waals surface area contributed by atoms with Crippen molar-refractivity contribution >= 4 is 23.2 Å². The summed E-state index contributed by atoms with van der Waals surface area (Å²) < 4.78 is 0. The highest BCUT2D eigenvalue weighted by molar-refractivity contribution is 6.42. The van der Waals surface area contributed by atoms with Gasteiger partial charge >= 0.3 is 0 Å². The van der Waals surface area contributed by atoms with Crippen molar-refractivity contribution in [2.75, 3.05) is 0 Å². The second-order valence-corrected chi connectivity index (χ2v) is 6.70. The average molecular weight is 286 g/mol. The molecule has 0 radical (unpaired) electrons. The first-order valence-electron chi connectivity index (χ1n) is 6.67. The van der Waals surface area contributed by atoms with Gasteiger partial charge in [-0.25, -0.2) is 0 Å². The maximum absolute atomic E-state index is 6.63. The lowest BCUT2D eigenvalue weighted by molar-refractivity contribution is 0.184. The van der Waals surface area contributed by atoms with Crippen molar-refractivity contribution in [3.63, 3.8) is 0 Å². The number of hydrogen-bond acceptors (Lipinski definition) is 1. The van der Waals surface area contributed by atoms with Gasteiger partial charge < -0.3 is 5.73 Å². The van der Waals surface area contributed by atoms with Crippen molar-refractivity contribution in [2.24, 2.45) is 17.6 Å². The largest absolute Gasteiger partial charge is 0.321 e. The van der Waals surface area contributed by atoms with Crippen LogP contribution in [0.5, 0.6) is 0 Å². The van der Waals surface area contributed by atoms with E-state index in [-0.39, 0.29) is 5.54 Å². The minimum absolute atomic E-state index is 0.235. The van der Waals surface area contributed by atoms with E-state index in [1.807, 2.05) is 18.2 Å². The highest BCUT2D eigenvalue weighted by Gasteiger charge is 2.35. The third-order valence-electron chi connectivity index (χ3n) is 4.26. The van der Waals surface area contributed by atoms with E-state index in [2.05, 4.69) is 13.8 Å². The van der Waals surface area contributed by atoms with E-state index in [1.54, 1.807) is 0 Å². The predicted molar refractivity (Wildman–Crippen MR) is 79.1 cm³/mol. The molecule has 1 aromatic rings. The van der Waals surface area contributed by atoms with Gasteiger partial charge in [-0.15, -0.1) is 0 Å². The van der Waals surface area contributed by atoms with E-state index in [4.69, 9.17) is 28.9 Å². The third kappa shape index (κ3) is 2.84. The van der Waals surface area contributed by atoms with Crippen LogP contribution in [0.25, 0.3) is 0 Å². The van der Waals surface area contributed by atoms with Crippen LogP contribution in [0.3, 0.4) is 0 Å². The van der Waals surface area contributed by atoms with Crippen molar-refractivity contribution in [1.29, 1.82) is 0 Å². The standard InChI is InChI=1S/C15H21Cl2N/c1-10(2)11-4-3-7-15(18,9-11)12-5-6-13(16)14(17)8-12/h5-6,8,10-11H,3-4,7,9,18H2,1-2H3. The predicted octanol–water partition coefficient (Wildman–Crippen LogP) is 4.99. The molecule has 0 amide bonds. The highest BCUT2D eigenvalue weighted by Crippen LogP contribution is 2.41. The highest BCUT2D eigenvalue weighted by atomic mass is 35.5. The quantitative estimate of drug-likeness (QED) is 0.814. The Morgan fingerprint density at radius 1 is 1.28 bits per heavy atom. The zero-order valence-electron chi connectivity index (χ0n) is 11.0. The average Bonchev–Trinajstić information content (AvgIpc) is 2.32. The summed E-state index contributed by atoms with van der Waals surface area (Å²) in [5.74, 6) is 1.40. The molecule has 0 aliphatic heterocycles. The van der Waals surface area contributed by atoms with Crippen LogP contribution >= 0.6 is 23.2 Å². The van der Waals surface area contributed by atoms with Gasteiger partial charge in [0.05, 0.1) is 10.0 Å². The Morgan fingerprint density at radius 2 is 2.00 bits per heavy atom. The molecule has 0 aromatic heterocycles. The molecule has 1 nitrogen and oxygen atoms in total. The normalized spacial score (nSPS) is 28.7. The number of rotatable bonds is 2. The summed E-state index contributed by atoms with van der Waals surface area (Å²) in [6.45, 7) is 4.57. The zero-order valence-corrected chi connectivity index (χ0v) is 12.6. The van der Waals surface area contributed by atoms with E-state index >= 15 is 0 Å². The van der Waals surface area contributed by atoms with Gasteiger partial charge in [0.15, 0.2) is 0 Å². The lowest BCUT2D eigenvalue weighted by Crippen LogP contribution is -2.42. The summed E-state index contributed by atoms with van der Waals surface area (Å²) in [7, 11) is 0. The summed E-state index contributed by atoms with van der Waals surface area (Å²) >= 11 is 12.1. The van der Waals surface area contributed by atoms with Gasteiger partial charge in [0.25, 0.3) is 0 Å². The molecule has 2 rings (SSSR count). The van der Waals surface area contributed by atoms with E-state index in [1.165, 1.54) is 12.8 Å². The minimum Gasteiger partial charge on any atom is -0.321 e. The van der Waals surface area contributed by atoms with Crippen LogP contribution in [0.2, 0.25) is 10.0 Å². The molecule has 1 aliphatic rings. The van der Waals surface area contributed by atoms with Crippen molar-refractivity contribution in [2.45, 2.75) is 45.1 Å². The molecule has 0 spiro atoms. The molecule has 18 heavy (non-hydrogen) atoms. The fourth-order valence-corrected chi connectivity index (χ4v) is 3.29. The van der Waals surface area contributed by atoms with Crippen LogP contribution < -0.4 is 5.73 Å². The molecule has 2 N–H and O–H groups in total. The van der Waals surface area contributed by atoms with Crippen molar-refractivity contribution in [1.82, 2.24) is 0 Å². The number of benzene rings is 1. The summed E-state index contributed by atoms with van der Waals surface area (Å²) in [5.41, 5.74) is 7.52. The third-order valence-corrected chi connectivity index (χ3v) is 5.00. The van der Waals surface area contributed by atoms with E-state index in [9.17, 15) is 0 Å². The Hall–Kier alpha value is -0.240. The van der Waals surface area contributed by atoms with Gasteiger partial charge in [-0.05, 0) is 42.4 Å². The Morgan fingerprint density at radius 3 is 2.61 bits per heavy atom. The van der Waals surface area contributed by atoms with Crippen LogP contribution in [0.1, 0.15) is 45.1 Å². The molecule has 100 valence electrons. The monoisotopic (exact) mass is 285 g/mol. The maximum atomic E-state index is 6.63. The molecule has 1 aliphatic carbocycles. The second kappa shape index (κ2) is 5.40. The Labute approximate surface area is 120 Å². The van der Waals surface area contributed by atoms with Crippen molar-refractivity contribution in [3.8, 4) is 0 Å². The Kier molecular flexibility index (Phi) is 4.25. The molecular weight excluding hydrogens is 265 g/mol. The molecule has 0 heterocycles. The van der Waals surface area contributed by atoms with Crippen LogP contribution in [0, 0.1) is 11.8 Å². The van der Waals surface area contributed by atoms with Gasteiger partial charge in [-0.3, -0.25) is 0 Å². The number of hydrogen-bond donors (Lipinski definition) is 1. The molecule has 2 atom stereocenters. The van der Waals surface area contributed by atoms with Crippen LogP contribution in [-0.2, 0) is 5.54 Å². The Balaban J connectivity index is 2.26. The van der Waals surface area contributed by atoms with Crippen LogP contribution in [0.4, 0.5) is 0 Å². The summed E-state index contributed by atoms with van der Waals surface area (Å²) in [6, 6.07) is 5.82. The lowest BCUT2D eigenvalue weighted by atomic mass is 9.69. The van der Waals surface area contributed by atoms with Crippen LogP contribution in [-0.4, -0.2) is 0 Å². The minimum atomic E-state index is -0.235. The van der Waals surface area contributed by atoms with Gasteiger partial charge in [0.1, 0.15) is 0 Å². The Bertz CT molecular complexity index is 431. The molecule has 0 bridgehead atoms. The lowest BCUT2D eigenvalue weighted by Gasteiger charge is -2.40. The molecule has 3 heteroatoms. The van der Waals surface area contributed by atoms with Crippen molar-refractivity contribution < 1.29 is 0 Å². The smallest absolute Gasteiger partial charge is 0.0595 e. The first-order chi connectivity index (χ1) is 8.42.